The first-order chi connectivity index (χ1) is 14.4. The molecule has 0 radical (unpaired) electrons. The summed E-state index contributed by atoms with van der Waals surface area (Å²) in [6.07, 6.45) is 4.90. The molecule has 4 rings (SSSR count). The van der Waals surface area contributed by atoms with Crippen molar-refractivity contribution in [1.29, 1.82) is 0 Å². The molecule has 0 aromatic heterocycles. The van der Waals surface area contributed by atoms with E-state index in [1.165, 1.54) is 31.4 Å². The molecule has 160 valence electrons. The van der Waals surface area contributed by atoms with Crippen molar-refractivity contribution in [1.82, 2.24) is 4.72 Å². The number of carbonyl (C=O) groups excluding carboxylic acids is 1. The van der Waals surface area contributed by atoms with Crippen molar-refractivity contribution in [2.45, 2.75) is 43.5 Å². The van der Waals surface area contributed by atoms with Crippen LogP contribution in [0.2, 0.25) is 0 Å². The van der Waals surface area contributed by atoms with Gasteiger partial charge >= 0.3 is 0 Å². The number of nitrogens with one attached hydrogen (secondary N) is 2. The summed E-state index contributed by atoms with van der Waals surface area (Å²) in [5.74, 6) is 2.17. The summed E-state index contributed by atoms with van der Waals surface area (Å²) in [5, 5.41) is 2.72. The van der Waals surface area contributed by atoms with E-state index in [0.717, 1.165) is 12.3 Å². The molecule has 2 aromatic carbocycles. The van der Waals surface area contributed by atoms with Crippen molar-refractivity contribution >= 4 is 21.6 Å². The fraction of sp³-hybridized carbons (Fsp3) is 0.435. The molecule has 1 amide bonds. The quantitative estimate of drug-likeness (QED) is 0.670. The Kier molecular flexibility index (Phi) is 6.11. The molecule has 0 heterocycles. The van der Waals surface area contributed by atoms with Gasteiger partial charge in [-0.25, -0.2) is 13.1 Å². The Bertz CT molecular complexity index is 976. The highest BCUT2D eigenvalue weighted by Crippen LogP contribution is 2.49. The number of sulfonamides is 1. The lowest BCUT2D eigenvalue weighted by Gasteiger charge is -2.28. The smallest absolute Gasteiger partial charge is 0.262 e. The van der Waals surface area contributed by atoms with Gasteiger partial charge in [0.05, 0.1) is 4.90 Å². The number of para-hydroxylation sites is 1. The van der Waals surface area contributed by atoms with Crippen molar-refractivity contribution in [2.75, 3.05) is 11.9 Å². The minimum absolute atomic E-state index is 0.0696. The maximum Gasteiger partial charge on any atom is 0.262 e. The van der Waals surface area contributed by atoms with Crippen LogP contribution in [0.1, 0.15) is 32.6 Å². The zero-order valence-corrected chi connectivity index (χ0v) is 17.9. The second-order valence-corrected chi connectivity index (χ2v) is 10.1. The maximum absolute atomic E-state index is 12.8. The molecule has 0 saturated heterocycles. The van der Waals surface area contributed by atoms with E-state index in [0.29, 0.717) is 23.3 Å². The third-order valence-corrected chi connectivity index (χ3v) is 7.91. The summed E-state index contributed by atoms with van der Waals surface area (Å²) in [6.45, 7) is 1.86. The van der Waals surface area contributed by atoms with Crippen molar-refractivity contribution in [3.05, 3.63) is 54.6 Å². The van der Waals surface area contributed by atoms with E-state index in [1.807, 2.05) is 25.1 Å². The summed E-state index contributed by atoms with van der Waals surface area (Å²) in [6, 6.07) is 15.2. The zero-order chi connectivity index (χ0) is 21.1. The molecule has 2 bridgehead atoms. The normalized spacial score (nSPS) is 23.8. The van der Waals surface area contributed by atoms with Crippen LogP contribution in [0.25, 0.3) is 0 Å². The summed E-state index contributed by atoms with van der Waals surface area (Å²) in [7, 11) is -3.59. The minimum Gasteiger partial charge on any atom is -0.484 e. The van der Waals surface area contributed by atoms with Crippen LogP contribution in [0.5, 0.6) is 5.75 Å². The van der Waals surface area contributed by atoms with Gasteiger partial charge in [-0.05, 0) is 80.3 Å². The van der Waals surface area contributed by atoms with Gasteiger partial charge in [-0.3, -0.25) is 4.79 Å². The first-order valence-corrected chi connectivity index (χ1v) is 12.0. The second kappa shape index (κ2) is 8.78. The highest BCUT2D eigenvalue weighted by Gasteiger charge is 2.42. The molecule has 0 aliphatic heterocycles. The van der Waals surface area contributed by atoms with Gasteiger partial charge in [-0.2, -0.15) is 0 Å². The fourth-order valence-corrected chi connectivity index (χ4v) is 6.18. The fourth-order valence-electron chi connectivity index (χ4n) is 4.89. The molecular formula is C23H28N2O4S. The zero-order valence-electron chi connectivity index (χ0n) is 17.1. The second-order valence-electron chi connectivity index (χ2n) is 8.42. The molecule has 2 aliphatic rings. The van der Waals surface area contributed by atoms with Crippen LogP contribution in [-0.4, -0.2) is 27.0 Å². The highest BCUT2D eigenvalue weighted by molar-refractivity contribution is 7.89. The van der Waals surface area contributed by atoms with E-state index in [2.05, 4.69) is 10.0 Å². The molecule has 2 aliphatic carbocycles. The topological polar surface area (TPSA) is 84.5 Å². The Hall–Kier alpha value is -2.38. The number of carbonyl (C=O) groups is 1. The molecule has 7 heteroatoms. The van der Waals surface area contributed by atoms with Gasteiger partial charge < -0.3 is 10.1 Å². The van der Waals surface area contributed by atoms with Crippen LogP contribution in [-0.2, 0) is 14.8 Å². The lowest BCUT2D eigenvalue weighted by atomic mass is 9.84. The number of hydrogen-bond donors (Lipinski definition) is 2. The largest absolute Gasteiger partial charge is 0.484 e. The Morgan fingerprint density at radius 2 is 1.80 bits per heavy atom. The molecule has 0 unspecified atom stereocenters. The number of hydrogen-bond acceptors (Lipinski definition) is 4. The number of amides is 1. The Balaban J connectivity index is 1.31. The van der Waals surface area contributed by atoms with Gasteiger partial charge in [0, 0.05) is 11.7 Å². The number of fused-ring (bicyclic) bond motifs is 2. The van der Waals surface area contributed by atoms with E-state index in [-0.39, 0.29) is 23.5 Å². The lowest BCUT2D eigenvalue weighted by Crippen LogP contribution is -2.40. The Morgan fingerprint density at radius 1 is 1.07 bits per heavy atom. The van der Waals surface area contributed by atoms with E-state index in [1.54, 1.807) is 24.3 Å². The predicted molar refractivity (Wildman–Crippen MR) is 116 cm³/mol. The van der Waals surface area contributed by atoms with Gasteiger partial charge in [0.15, 0.2) is 6.61 Å². The standard InChI is InChI=1S/C23H28N2O4S/c1-16(22-14-17-7-8-18(22)13-17)25-30(27,28)21-11-9-19(10-12-21)24-23(26)15-29-20-5-3-2-4-6-20/h2-6,9-12,16-18,22,25H,7-8,13-15H2,1H3,(H,24,26)/t16-,17-,18-,22+/m0/s1. The maximum atomic E-state index is 12.8. The average Bonchev–Trinajstić information content (AvgIpc) is 3.37. The van der Waals surface area contributed by atoms with Crippen molar-refractivity contribution in [3.8, 4) is 5.75 Å². The molecule has 2 fully saturated rings. The predicted octanol–water partition coefficient (Wildman–Crippen LogP) is 3.81. The number of ether oxygens (including phenoxy) is 1. The van der Waals surface area contributed by atoms with Gasteiger partial charge in [0.1, 0.15) is 5.75 Å². The molecule has 2 aromatic rings. The summed E-state index contributed by atoms with van der Waals surface area (Å²) < 4.78 is 33.8. The third kappa shape index (κ3) is 4.84. The van der Waals surface area contributed by atoms with Gasteiger partial charge in [0.25, 0.3) is 5.91 Å². The first kappa shape index (κ1) is 20.9. The molecule has 6 nitrogen and oxygen atoms in total. The molecular weight excluding hydrogens is 400 g/mol. The highest BCUT2D eigenvalue weighted by atomic mass is 32.2. The van der Waals surface area contributed by atoms with Crippen molar-refractivity contribution < 1.29 is 17.9 Å². The Labute approximate surface area is 178 Å². The summed E-state index contributed by atoms with van der Waals surface area (Å²) in [4.78, 5) is 12.3. The first-order valence-electron chi connectivity index (χ1n) is 10.5. The van der Waals surface area contributed by atoms with Gasteiger partial charge in [0.2, 0.25) is 10.0 Å². The number of anilines is 1. The van der Waals surface area contributed by atoms with Crippen LogP contribution >= 0.6 is 0 Å². The monoisotopic (exact) mass is 428 g/mol. The lowest BCUT2D eigenvalue weighted by molar-refractivity contribution is -0.118. The summed E-state index contributed by atoms with van der Waals surface area (Å²) >= 11 is 0. The molecule has 2 N–H and O–H groups in total. The third-order valence-electron chi connectivity index (χ3n) is 6.34. The average molecular weight is 429 g/mol. The van der Waals surface area contributed by atoms with Crippen LogP contribution in [0.15, 0.2) is 59.5 Å². The van der Waals surface area contributed by atoms with E-state index < -0.39 is 10.0 Å². The van der Waals surface area contributed by atoms with E-state index >= 15 is 0 Å². The minimum atomic E-state index is -3.59. The molecule has 2 saturated carbocycles. The number of rotatable bonds is 8. The van der Waals surface area contributed by atoms with Crippen LogP contribution in [0.3, 0.4) is 0 Å². The summed E-state index contributed by atoms with van der Waals surface area (Å²) in [5.41, 5.74) is 0.525. The van der Waals surface area contributed by atoms with Gasteiger partial charge in [-0.1, -0.05) is 24.6 Å². The molecule has 30 heavy (non-hydrogen) atoms. The van der Waals surface area contributed by atoms with Crippen molar-refractivity contribution in [2.24, 2.45) is 17.8 Å². The van der Waals surface area contributed by atoms with Crippen LogP contribution in [0.4, 0.5) is 5.69 Å². The molecule has 4 atom stereocenters. The van der Waals surface area contributed by atoms with Gasteiger partial charge in [-0.15, -0.1) is 0 Å². The van der Waals surface area contributed by atoms with Crippen molar-refractivity contribution in [3.63, 3.8) is 0 Å². The van der Waals surface area contributed by atoms with E-state index in [9.17, 15) is 13.2 Å². The van der Waals surface area contributed by atoms with Crippen LogP contribution < -0.4 is 14.8 Å². The SMILES string of the molecule is C[C@H](NS(=O)(=O)c1ccc(NC(=O)COc2ccccc2)cc1)[C@H]1C[C@H]2CC[C@H]1C2. The van der Waals surface area contributed by atoms with E-state index in [4.69, 9.17) is 4.74 Å². The molecule has 0 spiro atoms. The van der Waals surface area contributed by atoms with Crippen LogP contribution in [0, 0.1) is 17.8 Å². The Morgan fingerprint density at radius 3 is 2.43 bits per heavy atom. The number of benzene rings is 2.